The maximum atomic E-state index is 14.6. The number of hydrogen-bond donors (Lipinski definition) is 1. The fraction of sp³-hybridized carbons (Fsp3) is 0.244. The lowest BCUT2D eigenvalue weighted by molar-refractivity contribution is -0.131. The van der Waals surface area contributed by atoms with Crippen LogP contribution in [0.25, 0.3) is 22.6 Å². The Morgan fingerprint density at radius 3 is 2.27 bits per heavy atom. The smallest absolute Gasteiger partial charge is 0.241 e. The van der Waals surface area contributed by atoms with Crippen LogP contribution in [0.1, 0.15) is 31.2 Å². The second-order valence-electron chi connectivity index (χ2n) is 13.9. The number of rotatable bonds is 5. The molecule has 1 saturated carbocycles. The lowest BCUT2D eigenvalue weighted by Crippen LogP contribution is -2.48. The van der Waals surface area contributed by atoms with Gasteiger partial charge in [-0.25, -0.2) is 9.88 Å². The topological polar surface area (TPSA) is 130 Å². The summed E-state index contributed by atoms with van der Waals surface area (Å²) >= 11 is 0. The van der Waals surface area contributed by atoms with Crippen LogP contribution in [0.4, 0.5) is 11.4 Å². The first-order valence-corrected chi connectivity index (χ1v) is 17.1. The van der Waals surface area contributed by atoms with Crippen molar-refractivity contribution in [2.45, 2.75) is 25.7 Å². The average Bonchev–Trinajstić information content (AvgIpc) is 3.76. The number of nitrogens with zero attached hydrogens (tertiary/aromatic N) is 3. The standard InChI is InChI=1S/C41H33N3O7/c1-41-29(38(47)44(40(41)49)23-9-4-3-5-10-23)21-28-25(34(41)27-11-8-14-32(50-2)35(27)45)19-20-26-33(28)39(48)43(37(26)46)24-17-15-22(16-18-24)36-42-30-12-6-7-13-31(30)51-36/h3-19,26,28-29,33-34,45H,20-21H2,1-2H3/t26-,28+,29-,33-,34+,41+/m0/s1. The number of fused-ring (bicyclic) bond motifs is 5. The first kappa shape index (κ1) is 31.0. The molecule has 0 spiro atoms. The van der Waals surface area contributed by atoms with Gasteiger partial charge in [0.25, 0.3) is 0 Å². The number of imide groups is 2. The first-order valence-electron chi connectivity index (χ1n) is 17.1. The molecule has 2 aliphatic heterocycles. The summed E-state index contributed by atoms with van der Waals surface area (Å²) in [6.45, 7) is 1.79. The van der Waals surface area contributed by atoms with Crippen LogP contribution in [0.5, 0.6) is 11.5 Å². The number of aromatic hydroxyl groups is 1. The van der Waals surface area contributed by atoms with Crippen molar-refractivity contribution in [2.75, 3.05) is 16.9 Å². The summed E-state index contributed by atoms with van der Waals surface area (Å²) in [5.41, 5.74) is 2.93. The third-order valence-electron chi connectivity index (χ3n) is 11.5. The molecule has 5 aromatic rings. The van der Waals surface area contributed by atoms with Gasteiger partial charge in [-0.15, -0.1) is 0 Å². The molecule has 1 N–H and O–H groups in total. The molecule has 0 unspecified atom stereocenters. The van der Waals surface area contributed by atoms with Gasteiger partial charge in [0.15, 0.2) is 17.1 Å². The van der Waals surface area contributed by atoms with E-state index in [2.05, 4.69) is 4.98 Å². The first-order chi connectivity index (χ1) is 24.7. The van der Waals surface area contributed by atoms with Crippen LogP contribution >= 0.6 is 0 Å². The highest BCUT2D eigenvalue weighted by atomic mass is 16.5. The number of allylic oxidation sites excluding steroid dienone is 2. The minimum atomic E-state index is -1.28. The van der Waals surface area contributed by atoms with Gasteiger partial charge in [-0.3, -0.25) is 24.1 Å². The number of phenols is 1. The minimum Gasteiger partial charge on any atom is -0.504 e. The van der Waals surface area contributed by atoms with Gasteiger partial charge in [-0.2, -0.15) is 0 Å². The number of oxazole rings is 1. The highest BCUT2D eigenvalue weighted by molar-refractivity contribution is 6.25. The Morgan fingerprint density at radius 1 is 0.804 bits per heavy atom. The van der Waals surface area contributed by atoms with Gasteiger partial charge < -0.3 is 14.3 Å². The zero-order valence-electron chi connectivity index (χ0n) is 27.9. The molecule has 254 valence electrons. The zero-order chi connectivity index (χ0) is 35.2. The van der Waals surface area contributed by atoms with Gasteiger partial charge in [0.05, 0.1) is 41.7 Å². The van der Waals surface area contributed by atoms with Crippen molar-refractivity contribution < 1.29 is 33.4 Å². The second-order valence-corrected chi connectivity index (χ2v) is 13.9. The summed E-state index contributed by atoms with van der Waals surface area (Å²) in [6.07, 6.45) is 2.46. The summed E-state index contributed by atoms with van der Waals surface area (Å²) in [4.78, 5) is 64.6. The van der Waals surface area contributed by atoms with Crippen LogP contribution in [0.2, 0.25) is 0 Å². The van der Waals surface area contributed by atoms with Gasteiger partial charge in [-0.05, 0) is 80.3 Å². The molecular formula is C41H33N3O7. The Kier molecular flexibility index (Phi) is 6.83. The minimum absolute atomic E-state index is 0.124. The number of benzene rings is 4. The quantitative estimate of drug-likeness (QED) is 0.162. The van der Waals surface area contributed by atoms with Crippen molar-refractivity contribution in [1.29, 1.82) is 0 Å². The molecule has 10 heteroatoms. The normalized spacial score (nSPS) is 27.0. The zero-order valence-corrected chi connectivity index (χ0v) is 27.9. The van der Waals surface area contributed by atoms with Crippen molar-refractivity contribution in [3.63, 3.8) is 0 Å². The Labute approximate surface area is 292 Å². The summed E-state index contributed by atoms with van der Waals surface area (Å²) in [5.74, 6) is -4.30. The molecule has 51 heavy (non-hydrogen) atoms. The SMILES string of the molecule is COc1cccc([C@H]2C3=CC[C@@H]4C(=O)N(c5ccc(-c6nc7ccccc7o6)cc5)C(=O)[C@@H]4[C@@H]3C[C@H]3C(=O)N(c4ccccc4)C(=O)[C@@]23C)c1O. The number of methoxy groups -OCH3 is 1. The van der Waals surface area contributed by atoms with E-state index < -0.39 is 35.0 Å². The molecule has 3 fully saturated rings. The highest BCUT2D eigenvalue weighted by Gasteiger charge is 2.68. The molecule has 6 atom stereocenters. The van der Waals surface area contributed by atoms with Crippen LogP contribution in [0, 0.1) is 29.1 Å². The fourth-order valence-corrected chi connectivity index (χ4v) is 9.12. The molecule has 2 aliphatic carbocycles. The molecule has 10 nitrogen and oxygen atoms in total. The van der Waals surface area contributed by atoms with Crippen LogP contribution in [0.3, 0.4) is 0 Å². The maximum Gasteiger partial charge on any atom is 0.241 e. The molecule has 4 amide bonds. The van der Waals surface area contributed by atoms with E-state index in [1.165, 1.54) is 16.9 Å². The number of carbonyl (C=O) groups is 4. The predicted octanol–water partition coefficient (Wildman–Crippen LogP) is 6.64. The van der Waals surface area contributed by atoms with Gasteiger partial charge in [0.2, 0.25) is 29.5 Å². The van der Waals surface area contributed by atoms with E-state index in [-0.39, 0.29) is 48.0 Å². The Hall–Kier alpha value is -6.03. The number of amides is 4. The molecule has 0 bridgehead atoms. The third kappa shape index (κ3) is 4.32. The summed E-state index contributed by atoms with van der Waals surface area (Å²) < 4.78 is 11.4. The molecule has 1 aromatic heterocycles. The summed E-state index contributed by atoms with van der Waals surface area (Å²) in [6, 6.07) is 28.4. The lowest BCUT2D eigenvalue weighted by Gasteiger charge is -2.49. The lowest BCUT2D eigenvalue weighted by atomic mass is 9.51. The fourth-order valence-electron chi connectivity index (χ4n) is 9.12. The van der Waals surface area contributed by atoms with Crippen molar-refractivity contribution in [1.82, 2.24) is 4.98 Å². The van der Waals surface area contributed by atoms with Gasteiger partial charge in [-0.1, -0.05) is 54.1 Å². The van der Waals surface area contributed by atoms with E-state index in [4.69, 9.17) is 9.15 Å². The monoisotopic (exact) mass is 679 g/mol. The highest BCUT2D eigenvalue weighted by Crippen LogP contribution is 2.65. The number of ether oxygens (including phenoxy) is 1. The number of phenolic OH excluding ortho intramolecular Hbond substituents is 1. The summed E-state index contributed by atoms with van der Waals surface area (Å²) in [5, 5.41) is 11.5. The van der Waals surface area contributed by atoms with E-state index in [0.717, 1.165) is 11.1 Å². The number of aromatic nitrogens is 1. The van der Waals surface area contributed by atoms with Crippen LogP contribution in [0.15, 0.2) is 113 Å². The number of para-hydroxylation sites is 4. The van der Waals surface area contributed by atoms with Crippen LogP contribution in [-0.2, 0) is 19.2 Å². The molecule has 4 aromatic carbocycles. The Bertz CT molecular complexity index is 2280. The van der Waals surface area contributed by atoms with Crippen molar-refractivity contribution in [3.05, 3.63) is 114 Å². The van der Waals surface area contributed by atoms with Crippen LogP contribution < -0.4 is 14.5 Å². The molecule has 4 aliphatic rings. The van der Waals surface area contributed by atoms with E-state index in [0.29, 0.717) is 34.0 Å². The van der Waals surface area contributed by atoms with E-state index in [1.54, 1.807) is 73.7 Å². The second kappa shape index (κ2) is 11.2. The van der Waals surface area contributed by atoms with Crippen molar-refractivity contribution in [2.24, 2.45) is 29.1 Å². The molecule has 2 saturated heterocycles. The van der Waals surface area contributed by atoms with Gasteiger partial charge in [0.1, 0.15) is 5.52 Å². The largest absolute Gasteiger partial charge is 0.504 e. The Morgan fingerprint density at radius 2 is 1.53 bits per heavy atom. The van der Waals surface area contributed by atoms with Crippen molar-refractivity contribution in [3.8, 4) is 23.0 Å². The Balaban J connectivity index is 1.11. The maximum absolute atomic E-state index is 14.6. The van der Waals surface area contributed by atoms with Crippen LogP contribution in [-0.4, -0.2) is 40.8 Å². The summed E-state index contributed by atoms with van der Waals surface area (Å²) in [7, 11) is 1.45. The number of hydrogen-bond acceptors (Lipinski definition) is 8. The van der Waals surface area contributed by atoms with E-state index >= 15 is 0 Å². The molecule has 3 heterocycles. The average molecular weight is 680 g/mol. The van der Waals surface area contributed by atoms with Gasteiger partial charge >= 0.3 is 0 Å². The predicted molar refractivity (Wildman–Crippen MR) is 188 cm³/mol. The van der Waals surface area contributed by atoms with Gasteiger partial charge in [0, 0.05) is 17.0 Å². The number of anilines is 2. The molecule has 9 rings (SSSR count). The molecular weight excluding hydrogens is 646 g/mol. The van der Waals surface area contributed by atoms with E-state index in [1.807, 2.05) is 36.4 Å². The molecule has 0 radical (unpaired) electrons. The number of carbonyl (C=O) groups excluding carboxylic acids is 4. The van der Waals surface area contributed by atoms with Crippen molar-refractivity contribution >= 4 is 46.1 Å². The third-order valence-corrected chi connectivity index (χ3v) is 11.5. The van der Waals surface area contributed by atoms with E-state index in [9.17, 15) is 24.3 Å².